The lowest BCUT2D eigenvalue weighted by Gasteiger charge is -2.37. The van der Waals surface area contributed by atoms with Crippen molar-refractivity contribution in [1.29, 1.82) is 0 Å². The van der Waals surface area contributed by atoms with Crippen LogP contribution < -0.4 is 20.4 Å². The molecule has 0 aromatic carbocycles. The molecule has 0 saturated carbocycles. The first-order chi connectivity index (χ1) is 23.9. The largest absolute Gasteiger partial charge is 0.477 e. The summed E-state index contributed by atoms with van der Waals surface area (Å²) in [5, 5.41) is 25.2. The first-order valence-electron chi connectivity index (χ1n) is 15.5. The fourth-order valence-corrected chi connectivity index (χ4v) is 7.12. The Labute approximate surface area is 294 Å². The third kappa shape index (κ3) is 8.80. The second-order valence-electron chi connectivity index (χ2n) is 11.6. The van der Waals surface area contributed by atoms with Crippen LogP contribution in [0.15, 0.2) is 24.8 Å². The van der Waals surface area contributed by atoms with Gasteiger partial charge in [-0.1, -0.05) is 22.7 Å². The molecule has 50 heavy (non-hydrogen) atoms. The summed E-state index contributed by atoms with van der Waals surface area (Å²) in [5.41, 5.74) is 1.64. The van der Waals surface area contributed by atoms with Crippen LogP contribution in [0.3, 0.4) is 0 Å². The Hall–Kier alpha value is -4.92. The molecule has 2 aliphatic heterocycles. The number of carboxylic acid groups (broad SMARTS) is 2. The van der Waals surface area contributed by atoms with Gasteiger partial charge in [0.1, 0.15) is 9.75 Å². The van der Waals surface area contributed by atoms with Crippen molar-refractivity contribution in [2.75, 3.05) is 50.2 Å². The summed E-state index contributed by atoms with van der Waals surface area (Å²) in [6.07, 6.45) is 6.78. The zero-order valence-electron chi connectivity index (χ0n) is 27.7. The monoisotopic (exact) mass is 730 g/mol. The Morgan fingerprint density at radius 1 is 0.720 bits per heavy atom. The Kier molecular flexibility index (Phi) is 11.8. The maximum atomic E-state index is 12.3. The van der Waals surface area contributed by atoms with Gasteiger partial charge in [0.2, 0.25) is 0 Å². The van der Waals surface area contributed by atoms with Crippen molar-refractivity contribution in [1.82, 2.24) is 40.5 Å². The quantitative estimate of drug-likeness (QED) is 0.136. The van der Waals surface area contributed by atoms with E-state index in [2.05, 4.69) is 40.5 Å². The molecular formula is C30H38N10O8S2. The van der Waals surface area contributed by atoms with Gasteiger partial charge >= 0.3 is 11.9 Å². The minimum Gasteiger partial charge on any atom is -0.477 e. The summed E-state index contributed by atoms with van der Waals surface area (Å²) in [7, 11) is 3.18. The number of amides is 2. The molecule has 4 atom stereocenters. The number of rotatable bonds is 10. The number of carbonyl (C=O) groups is 4. The van der Waals surface area contributed by atoms with Gasteiger partial charge in [-0.3, -0.25) is 9.59 Å². The van der Waals surface area contributed by atoms with Crippen LogP contribution in [0.2, 0.25) is 0 Å². The van der Waals surface area contributed by atoms with E-state index in [1.807, 2.05) is 23.6 Å². The number of ether oxygens (including phenoxy) is 2. The molecule has 268 valence electrons. The highest BCUT2D eigenvalue weighted by Crippen LogP contribution is 2.28. The third-order valence-corrected chi connectivity index (χ3v) is 10.2. The van der Waals surface area contributed by atoms with Crippen molar-refractivity contribution in [2.45, 2.75) is 51.0 Å². The molecule has 2 fully saturated rings. The number of aromatic nitrogens is 6. The minimum absolute atomic E-state index is 0.155. The Morgan fingerprint density at radius 3 is 1.42 bits per heavy atom. The van der Waals surface area contributed by atoms with Gasteiger partial charge in [0, 0.05) is 64.2 Å². The number of imidazole rings is 2. The predicted octanol–water partition coefficient (Wildman–Crippen LogP) is 1.79. The van der Waals surface area contributed by atoms with Crippen LogP contribution in [-0.2, 0) is 9.47 Å². The number of carboxylic acids is 2. The molecule has 6 heterocycles. The predicted molar refractivity (Wildman–Crippen MR) is 183 cm³/mol. The summed E-state index contributed by atoms with van der Waals surface area (Å²) in [6, 6.07) is -0.309. The number of anilines is 2. The molecule has 4 aromatic rings. The zero-order chi connectivity index (χ0) is 35.9. The van der Waals surface area contributed by atoms with Gasteiger partial charge in [-0.25, -0.2) is 29.5 Å². The maximum Gasteiger partial charge on any atom is 0.347 e. The molecule has 0 radical (unpaired) electrons. The number of carbonyl (C=O) groups excluding carboxylic acids is 2. The van der Waals surface area contributed by atoms with E-state index in [1.165, 1.54) is 12.4 Å². The Bertz CT molecular complexity index is 1680. The van der Waals surface area contributed by atoms with Crippen LogP contribution in [-0.4, -0.2) is 129 Å². The average molecular weight is 731 g/mol. The molecule has 20 heteroatoms. The highest BCUT2D eigenvalue weighted by Gasteiger charge is 2.34. The summed E-state index contributed by atoms with van der Waals surface area (Å²) >= 11 is 2.26. The van der Waals surface area contributed by atoms with Crippen LogP contribution in [0.5, 0.6) is 0 Å². The van der Waals surface area contributed by atoms with Crippen LogP contribution >= 0.6 is 22.7 Å². The third-order valence-electron chi connectivity index (χ3n) is 8.14. The van der Waals surface area contributed by atoms with Crippen molar-refractivity contribution < 1.29 is 38.9 Å². The maximum absolute atomic E-state index is 12.3. The number of aromatic carboxylic acids is 2. The zero-order valence-corrected chi connectivity index (χ0v) is 29.3. The molecule has 0 bridgehead atoms. The molecule has 0 spiro atoms. The lowest BCUT2D eigenvalue weighted by molar-refractivity contribution is 0.0537. The molecule has 6 N–H and O–H groups in total. The molecule has 6 rings (SSSR count). The summed E-state index contributed by atoms with van der Waals surface area (Å²) in [4.78, 5) is 73.1. The number of aryl methyl sites for hydroxylation is 2. The van der Waals surface area contributed by atoms with Crippen molar-refractivity contribution in [3.8, 4) is 0 Å². The van der Waals surface area contributed by atoms with Crippen molar-refractivity contribution in [3.63, 3.8) is 0 Å². The first-order valence-corrected chi connectivity index (χ1v) is 17.2. The van der Waals surface area contributed by atoms with Gasteiger partial charge < -0.3 is 50.1 Å². The second kappa shape index (κ2) is 16.2. The second-order valence-corrected chi connectivity index (χ2v) is 13.6. The normalized spacial score (nSPS) is 20.5. The molecule has 0 aliphatic carbocycles. The van der Waals surface area contributed by atoms with Gasteiger partial charge in [-0.2, -0.15) is 0 Å². The lowest BCUT2D eigenvalue weighted by atomic mass is 10.0. The molecule has 2 saturated heterocycles. The number of hydrogen-bond donors (Lipinski definition) is 6. The van der Waals surface area contributed by atoms with Gasteiger partial charge in [0.25, 0.3) is 11.8 Å². The number of H-pyrrole nitrogens is 2. The first kappa shape index (κ1) is 36.4. The average Bonchev–Trinajstić information content (AvgIpc) is 3.93. The molecular weight excluding hydrogens is 693 g/mol. The smallest absolute Gasteiger partial charge is 0.347 e. The minimum atomic E-state index is -0.983. The summed E-state index contributed by atoms with van der Waals surface area (Å²) in [6.45, 7) is 6.00. The van der Waals surface area contributed by atoms with Gasteiger partial charge in [0.05, 0.1) is 36.7 Å². The molecule has 4 aromatic heterocycles. The van der Waals surface area contributed by atoms with Crippen LogP contribution in [0.1, 0.15) is 64.8 Å². The molecule has 2 aliphatic rings. The number of nitrogens with zero attached hydrogens (tertiary/aromatic N) is 6. The molecule has 2 amide bonds. The standard InChI is InChI=1S/2C15H19N5O4S/c2*1-8-5-16-12(18-8)13(21)19-9-3-4-20(7-10(9)24-2)15-17-6-11(25-15)14(22)23/h2*5-6,9-10H,3-4,7H2,1-2H3,(H,16,18)(H,19,21)(H,22,23)/t2*9-,10+/m11/s1. The fourth-order valence-electron chi connectivity index (χ4n) is 5.54. The van der Waals surface area contributed by atoms with Gasteiger partial charge in [-0.05, 0) is 26.7 Å². The number of hydrogen-bond acceptors (Lipinski definition) is 14. The van der Waals surface area contributed by atoms with Crippen molar-refractivity contribution in [3.05, 3.63) is 57.6 Å². The highest BCUT2D eigenvalue weighted by atomic mass is 32.1. The van der Waals surface area contributed by atoms with E-state index in [4.69, 9.17) is 19.7 Å². The van der Waals surface area contributed by atoms with Crippen molar-refractivity contribution in [2.24, 2.45) is 0 Å². The van der Waals surface area contributed by atoms with Crippen LogP contribution in [0, 0.1) is 13.8 Å². The fraction of sp³-hybridized carbons (Fsp3) is 0.467. The molecule has 0 unspecified atom stereocenters. The van der Waals surface area contributed by atoms with Crippen LogP contribution in [0.4, 0.5) is 10.3 Å². The summed E-state index contributed by atoms with van der Waals surface area (Å²) < 4.78 is 11.1. The Balaban J connectivity index is 0.000000194. The van der Waals surface area contributed by atoms with Gasteiger partial charge in [-0.15, -0.1) is 0 Å². The Morgan fingerprint density at radius 2 is 1.12 bits per heavy atom. The van der Waals surface area contributed by atoms with E-state index >= 15 is 0 Å². The topological polar surface area (TPSA) is 241 Å². The van der Waals surface area contributed by atoms with E-state index in [0.717, 1.165) is 34.1 Å². The summed E-state index contributed by atoms with van der Waals surface area (Å²) in [5.74, 6) is -1.94. The highest BCUT2D eigenvalue weighted by molar-refractivity contribution is 7.17. The number of piperidine rings is 2. The lowest BCUT2D eigenvalue weighted by Crippen LogP contribution is -2.55. The van der Waals surface area contributed by atoms with Gasteiger partial charge in [0.15, 0.2) is 21.9 Å². The SMILES string of the molecule is CO[C@H]1CN(c2ncc(C(=O)O)s2)CC[C@H]1NC(=O)c1ncc(C)[nH]1.CO[C@H]1CN(c2ncc(C(=O)O)s2)CC[C@H]1NC(=O)c1ncc(C)[nH]1. The van der Waals surface area contributed by atoms with E-state index in [1.54, 1.807) is 26.6 Å². The number of thiazole rings is 2. The number of methoxy groups -OCH3 is 2. The van der Waals surface area contributed by atoms with E-state index in [-0.39, 0.29) is 57.5 Å². The van der Waals surface area contributed by atoms with E-state index in [9.17, 15) is 19.2 Å². The number of nitrogens with one attached hydrogen (secondary N) is 4. The van der Waals surface area contributed by atoms with E-state index in [0.29, 0.717) is 49.3 Å². The van der Waals surface area contributed by atoms with Crippen LogP contribution in [0.25, 0.3) is 0 Å². The van der Waals surface area contributed by atoms with Crippen molar-refractivity contribution >= 4 is 56.7 Å². The van der Waals surface area contributed by atoms with E-state index < -0.39 is 11.9 Å². The number of aromatic amines is 2. The molecule has 18 nitrogen and oxygen atoms in total.